The number of aryl methyl sites for hydroxylation is 1. The Hall–Kier alpha value is -2.57. The molecule has 130 valence electrons. The molecule has 3 rings (SSSR count). The maximum Gasteiger partial charge on any atom is 0.147 e. The molecule has 2 heterocycles. The van der Waals surface area contributed by atoms with Gasteiger partial charge < -0.3 is 14.8 Å². The first-order chi connectivity index (χ1) is 12.2. The molecule has 0 spiro atoms. The highest BCUT2D eigenvalue weighted by Gasteiger charge is 2.10. The van der Waals surface area contributed by atoms with Gasteiger partial charge in [-0.25, -0.2) is 15.0 Å². The number of benzene rings is 1. The van der Waals surface area contributed by atoms with Crippen molar-refractivity contribution in [2.45, 2.75) is 32.4 Å². The molecule has 0 fully saturated rings. The van der Waals surface area contributed by atoms with Gasteiger partial charge in [0.05, 0.1) is 6.54 Å². The van der Waals surface area contributed by atoms with Crippen molar-refractivity contribution in [2.75, 3.05) is 6.61 Å². The summed E-state index contributed by atoms with van der Waals surface area (Å²) in [7, 11) is 0. The van der Waals surface area contributed by atoms with Crippen LogP contribution < -0.4 is 0 Å². The fraction of sp³-hybridized carbons (Fsp3) is 0.316. The molecule has 6 heteroatoms. The predicted molar refractivity (Wildman–Crippen MR) is 94.8 cm³/mol. The molecular weight excluding hydrogens is 316 g/mol. The van der Waals surface area contributed by atoms with E-state index in [9.17, 15) is 5.11 Å². The lowest BCUT2D eigenvalue weighted by Crippen LogP contribution is -2.09. The zero-order valence-corrected chi connectivity index (χ0v) is 14.2. The van der Waals surface area contributed by atoms with Crippen molar-refractivity contribution < 1.29 is 10.2 Å². The van der Waals surface area contributed by atoms with E-state index in [1.807, 2.05) is 35.3 Å². The van der Waals surface area contributed by atoms with Crippen molar-refractivity contribution in [1.82, 2.24) is 19.5 Å². The first-order valence-corrected chi connectivity index (χ1v) is 8.37. The van der Waals surface area contributed by atoms with Crippen LogP contribution >= 0.6 is 0 Å². The Bertz CT molecular complexity index is 795. The molecule has 0 radical (unpaired) electrons. The summed E-state index contributed by atoms with van der Waals surface area (Å²) in [5.74, 6) is 1.27. The van der Waals surface area contributed by atoms with Gasteiger partial charge in [-0.2, -0.15) is 0 Å². The number of aliphatic hydroxyl groups is 2. The monoisotopic (exact) mass is 338 g/mol. The Labute approximate surface area is 146 Å². The third-order valence-electron chi connectivity index (χ3n) is 4.05. The molecule has 2 N–H and O–H groups in total. The second kappa shape index (κ2) is 8.00. The first-order valence-electron chi connectivity index (χ1n) is 8.37. The Morgan fingerprint density at radius 3 is 2.40 bits per heavy atom. The molecule has 0 aliphatic rings. The van der Waals surface area contributed by atoms with Gasteiger partial charge in [-0.3, -0.25) is 0 Å². The van der Waals surface area contributed by atoms with Crippen LogP contribution in [0.25, 0.3) is 11.1 Å². The largest absolute Gasteiger partial charge is 0.396 e. The van der Waals surface area contributed by atoms with E-state index in [2.05, 4.69) is 27.1 Å². The molecule has 3 aromatic rings. The van der Waals surface area contributed by atoms with Crippen LogP contribution in [0.15, 0.2) is 49.1 Å². The lowest BCUT2D eigenvalue weighted by molar-refractivity contribution is 0.184. The average Bonchev–Trinajstić information content (AvgIpc) is 3.09. The fourth-order valence-corrected chi connectivity index (χ4v) is 2.71. The summed E-state index contributed by atoms with van der Waals surface area (Å²) in [5, 5.41) is 18.6. The molecule has 0 saturated carbocycles. The Morgan fingerprint density at radius 2 is 1.76 bits per heavy atom. The van der Waals surface area contributed by atoms with Crippen LogP contribution in [-0.2, 0) is 13.0 Å². The van der Waals surface area contributed by atoms with Gasteiger partial charge >= 0.3 is 0 Å². The highest BCUT2D eigenvalue weighted by atomic mass is 16.3. The normalized spacial score (nSPS) is 12.3. The maximum absolute atomic E-state index is 9.70. The van der Waals surface area contributed by atoms with Crippen LogP contribution in [0, 0.1) is 0 Å². The molecule has 2 aromatic heterocycles. The van der Waals surface area contributed by atoms with E-state index in [1.54, 1.807) is 13.1 Å². The fourth-order valence-electron chi connectivity index (χ4n) is 2.71. The topological polar surface area (TPSA) is 84.1 Å². The Morgan fingerprint density at radius 1 is 1.04 bits per heavy atom. The number of nitrogens with zero attached hydrogens (tertiary/aromatic N) is 4. The third kappa shape index (κ3) is 4.29. The second-order valence-electron chi connectivity index (χ2n) is 6.00. The molecule has 1 unspecified atom stereocenters. The summed E-state index contributed by atoms with van der Waals surface area (Å²) in [6.45, 7) is 2.37. The van der Waals surface area contributed by atoms with Crippen molar-refractivity contribution in [2.24, 2.45) is 0 Å². The van der Waals surface area contributed by atoms with Crippen molar-refractivity contribution in [1.29, 1.82) is 0 Å². The summed E-state index contributed by atoms with van der Waals surface area (Å²) in [6.07, 6.45) is 8.12. The highest BCUT2D eigenvalue weighted by molar-refractivity contribution is 5.61. The van der Waals surface area contributed by atoms with E-state index in [-0.39, 0.29) is 6.61 Å². The smallest absolute Gasteiger partial charge is 0.147 e. The number of hydrogen-bond acceptors (Lipinski definition) is 5. The van der Waals surface area contributed by atoms with Crippen LogP contribution in [0.5, 0.6) is 0 Å². The zero-order chi connectivity index (χ0) is 17.6. The quantitative estimate of drug-likeness (QED) is 0.691. The maximum atomic E-state index is 9.70. The summed E-state index contributed by atoms with van der Waals surface area (Å²) in [4.78, 5) is 13.0. The minimum atomic E-state index is -0.626. The van der Waals surface area contributed by atoms with Gasteiger partial charge in [0.25, 0.3) is 0 Å². The number of aliphatic hydroxyl groups excluding tert-OH is 2. The SMILES string of the molecule is CC(O)c1nccn1Cc1ncc(-c2ccc(CCCO)cc2)cn1. The molecule has 6 nitrogen and oxygen atoms in total. The number of rotatable bonds is 7. The highest BCUT2D eigenvalue weighted by Crippen LogP contribution is 2.19. The summed E-state index contributed by atoms with van der Waals surface area (Å²) in [5.41, 5.74) is 3.23. The van der Waals surface area contributed by atoms with Gasteiger partial charge in [-0.15, -0.1) is 0 Å². The number of imidazole rings is 1. The molecule has 1 aromatic carbocycles. The summed E-state index contributed by atoms with van der Waals surface area (Å²) >= 11 is 0. The molecule has 0 amide bonds. The van der Waals surface area contributed by atoms with Gasteiger partial charge in [0, 0.05) is 37.0 Å². The molecule has 0 aliphatic carbocycles. The van der Waals surface area contributed by atoms with E-state index >= 15 is 0 Å². The van der Waals surface area contributed by atoms with Crippen LogP contribution in [0.4, 0.5) is 0 Å². The molecule has 0 bridgehead atoms. The van der Waals surface area contributed by atoms with E-state index in [1.165, 1.54) is 5.56 Å². The Balaban J connectivity index is 1.70. The van der Waals surface area contributed by atoms with E-state index in [0.717, 1.165) is 24.0 Å². The van der Waals surface area contributed by atoms with Crippen molar-refractivity contribution in [3.05, 3.63) is 66.3 Å². The minimum Gasteiger partial charge on any atom is -0.396 e. The van der Waals surface area contributed by atoms with Crippen LogP contribution in [0.1, 0.15) is 36.7 Å². The van der Waals surface area contributed by atoms with Gasteiger partial charge in [-0.05, 0) is 30.9 Å². The van der Waals surface area contributed by atoms with E-state index in [4.69, 9.17) is 5.11 Å². The molecule has 0 aliphatic heterocycles. The van der Waals surface area contributed by atoms with Gasteiger partial charge in [0.15, 0.2) is 0 Å². The van der Waals surface area contributed by atoms with E-state index in [0.29, 0.717) is 18.2 Å². The van der Waals surface area contributed by atoms with Crippen molar-refractivity contribution in [3.8, 4) is 11.1 Å². The summed E-state index contributed by atoms with van der Waals surface area (Å²) < 4.78 is 1.84. The van der Waals surface area contributed by atoms with Crippen LogP contribution in [0.2, 0.25) is 0 Å². The lowest BCUT2D eigenvalue weighted by Gasteiger charge is -2.09. The minimum absolute atomic E-state index is 0.213. The first kappa shape index (κ1) is 17.3. The molecular formula is C19H22N4O2. The average molecular weight is 338 g/mol. The lowest BCUT2D eigenvalue weighted by atomic mass is 10.0. The van der Waals surface area contributed by atoms with Crippen molar-refractivity contribution >= 4 is 0 Å². The van der Waals surface area contributed by atoms with Gasteiger partial charge in [0.1, 0.15) is 17.8 Å². The molecule has 1 atom stereocenters. The van der Waals surface area contributed by atoms with Crippen LogP contribution in [0.3, 0.4) is 0 Å². The third-order valence-corrected chi connectivity index (χ3v) is 4.05. The number of hydrogen-bond donors (Lipinski definition) is 2. The van der Waals surface area contributed by atoms with Crippen LogP contribution in [-0.4, -0.2) is 36.3 Å². The predicted octanol–water partition coefficient (Wildman–Crippen LogP) is 2.37. The standard InChI is InChI=1S/C19H22N4O2/c1-14(25)19-20-8-9-23(19)13-18-21-11-17(12-22-18)16-6-4-15(5-7-16)3-2-10-24/h4-9,11-12,14,24-25H,2-3,10,13H2,1H3. The zero-order valence-electron chi connectivity index (χ0n) is 14.2. The van der Waals surface area contributed by atoms with Gasteiger partial charge in [-0.1, -0.05) is 24.3 Å². The van der Waals surface area contributed by atoms with Gasteiger partial charge in [0.2, 0.25) is 0 Å². The second-order valence-corrected chi connectivity index (χ2v) is 6.00. The molecule has 25 heavy (non-hydrogen) atoms. The van der Waals surface area contributed by atoms with Crippen molar-refractivity contribution in [3.63, 3.8) is 0 Å². The summed E-state index contributed by atoms with van der Waals surface area (Å²) in [6, 6.07) is 8.23. The Kier molecular flexibility index (Phi) is 5.53. The number of aromatic nitrogens is 4. The van der Waals surface area contributed by atoms with E-state index < -0.39 is 6.10 Å². The molecule has 0 saturated heterocycles.